The number of hydrogen-bond donors (Lipinski definition) is 2. The first-order valence-corrected chi connectivity index (χ1v) is 10.0. The Morgan fingerprint density at radius 3 is 1.92 bits per heavy atom. The van der Waals surface area contributed by atoms with Crippen LogP contribution in [0, 0.1) is 0 Å². The third-order valence-electron chi connectivity index (χ3n) is 4.88. The molecule has 3 rings (SSSR count). The highest BCUT2D eigenvalue weighted by Gasteiger charge is 2.39. The van der Waals surface area contributed by atoms with Crippen molar-refractivity contribution < 1.29 is 55.4 Å². The van der Waals surface area contributed by atoms with Crippen LogP contribution in [0.15, 0.2) is 47.5 Å². The van der Waals surface area contributed by atoms with E-state index in [1.165, 1.54) is 11.8 Å². The van der Waals surface area contributed by atoms with Gasteiger partial charge in [-0.2, -0.15) is 26.3 Å². The molecular weight excluding hydrogens is 504 g/mol. The van der Waals surface area contributed by atoms with Crippen molar-refractivity contribution in [3.05, 3.63) is 54.2 Å². The van der Waals surface area contributed by atoms with Gasteiger partial charge in [0.25, 0.3) is 5.91 Å². The number of aliphatic carboxylic acids is 2. The fourth-order valence-electron chi connectivity index (χ4n) is 3.25. The fraction of sp³-hybridized carbons (Fsp3) is 0.429. The highest BCUT2D eigenvalue weighted by atomic mass is 19.4. The van der Waals surface area contributed by atoms with Gasteiger partial charge in [-0.3, -0.25) is 9.78 Å². The molecule has 1 aliphatic heterocycles. The molecule has 0 radical (unpaired) electrons. The summed E-state index contributed by atoms with van der Waals surface area (Å²) in [4.78, 5) is 38.8. The number of carboxylic acids is 2. The number of carbonyl (C=O) groups excluding carboxylic acids is 1. The predicted octanol–water partition coefficient (Wildman–Crippen LogP) is 3.33. The molecule has 0 unspecified atom stereocenters. The van der Waals surface area contributed by atoms with Crippen molar-refractivity contribution in [1.82, 2.24) is 14.8 Å². The van der Waals surface area contributed by atoms with E-state index < -0.39 is 24.3 Å². The summed E-state index contributed by atoms with van der Waals surface area (Å²) in [6.07, 6.45) is -1.66. The minimum atomic E-state index is -5.08. The molecule has 200 valence electrons. The van der Waals surface area contributed by atoms with E-state index in [4.69, 9.17) is 24.2 Å². The van der Waals surface area contributed by atoms with Crippen LogP contribution < -0.4 is 0 Å². The molecule has 2 aromatic heterocycles. The van der Waals surface area contributed by atoms with Crippen molar-refractivity contribution in [3.8, 4) is 0 Å². The number of furan rings is 1. The molecule has 2 N–H and O–H groups in total. The lowest BCUT2D eigenvalue weighted by Gasteiger charge is -2.31. The van der Waals surface area contributed by atoms with Gasteiger partial charge in [0.2, 0.25) is 0 Å². The summed E-state index contributed by atoms with van der Waals surface area (Å²) in [5.41, 5.74) is 1.83. The summed E-state index contributed by atoms with van der Waals surface area (Å²) in [5.74, 6) is -5.46. The van der Waals surface area contributed by atoms with Crippen LogP contribution in [0.25, 0.3) is 0 Å². The average molecular weight is 527 g/mol. The van der Waals surface area contributed by atoms with Crippen LogP contribution in [0.3, 0.4) is 0 Å². The third kappa shape index (κ3) is 9.56. The van der Waals surface area contributed by atoms with E-state index in [0.717, 1.165) is 19.4 Å². The van der Waals surface area contributed by atoms with E-state index >= 15 is 0 Å². The normalized spacial score (nSPS) is 17.5. The number of carboxylic acid groups (broad SMARTS) is 2. The molecule has 1 amide bonds. The Morgan fingerprint density at radius 2 is 1.53 bits per heavy atom. The van der Waals surface area contributed by atoms with E-state index in [9.17, 15) is 31.1 Å². The van der Waals surface area contributed by atoms with Gasteiger partial charge in [0.15, 0.2) is 0 Å². The minimum absolute atomic E-state index is 0.0529. The summed E-state index contributed by atoms with van der Waals surface area (Å²) in [5, 5.41) is 14.2. The maximum absolute atomic E-state index is 12.7. The van der Waals surface area contributed by atoms with E-state index in [-0.39, 0.29) is 11.9 Å². The van der Waals surface area contributed by atoms with Gasteiger partial charge in [-0.05, 0) is 50.7 Å². The maximum Gasteiger partial charge on any atom is 0.490 e. The van der Waals surface area contributed by atoms with Crippen LogP contribution in [-0.4, -0.2) is 87.9 Å². The zero-order valence-electron chi connectivity index (χ0n) is 19.0. The second kappa shape index (κ2) is 12.9. The monoisotopic (exact) mass is 527 g/mol. The lowest BCUT2D eigenvalue weighted by atomic mass is 10.00. The van der Waals surface area contributed by atoms with Gasteiger partial charge in [-0.25, -0.2) is 9.59 Å². The highest BCUT2D eigenvalue weighted by molar-refractivity contribution is 5.94. The number of hydrogen-bond acceptors (Lipinski definition) is 6. The number of nitrogens with zero attached hydrogens (tertiary/aromatic N) is 3. The summed E-state index contributed by atoms with van der Waals surface area (Å²) in [6.45, 7) is 0.780. The first-order valence-electron chi connectivity index (χ1n) is 10.0. The number of carbonyl (C=O) groups is 3. The molecule has 2 atom stereocenters. The summed E-state index contributed by atoms with van der Waals surface area (Å²) in [7, 11) is 4.16. The quantitative estimate of drug-likeness (QED) is 0.581. The lowest BCUT2D eigenvalue weighted by molar-refractivity contribution is -0.193. The third-order valence-corrected chi connectivity index (χ3v) is 4.88. The Morgan fingerprint density at radius 1 is 1.03 bits per heavy atom. The maximum atomic E-state index is 12.7. The fourth-order valence-corrected chi connectivity index (χ4v) is 3.25. The van der Waals surface area contributed by atoms with Crippen molar-refractivity contribution >= 4 is 17.8 Å². The molecule has 3 heterocycles. The SMILES string of the molecule is CN(C)[C@@H]1CCN(C(=O)c2ccoc2)[C@H]1Cc1ccncc1.O=C(O)C(F)(F)F.O=C(O)C(F)(F)F. The van der Waals surface area contributed by atoms with Crippen molar-refractivity contribution in [1.29, 1.82) is 0 Å². The topological polar surface area (TPSA) is 124 Å². The highest BCUT2D eigenvalue weighted by Crippen LogP contribution is 2.26. The molecule has 0 bridgehead atoms. The minimum Gasteiger partial charge on any atom is -0.475 e. The molecule has 2 aromatic rings. The van der Waals surface area contributed by atoms with E-state index in [1.807, 2.05) is 17.0 Å². The number of alkyl halides is 6. The van der Waals surface area contributed by atoms with E-state index in [0.29, 0.717) is 11.6 Å². The standard InChI is InChI=1S/C17H21N3O2.2C2HF3O2/c1-19(2)15-5-9-20(17(21)14-6-10-22-12-14)16(15)11-13-3-7-18-8-4-13;2*3-2(4,5)1(6)7/h3-4,6-8,10,12,15-16H,5,9,11H2,1-2H3;2*(H,6,7)/t15-,16+;;/m1../s1. The zero-order valence-corrected chi connectivity index (χ0v) is 19.0. The van der Waals surface area contributed by atoms with Gasteiger partial charge in [-0.15, -0.1) is 0 Å². The van der Waals surface area contributed by atoms with Crippen molar-refractivity contribution in [2.24, 2.45) is 0 Å². The molecule has 0 aromatic carbocycles. The lowest BCUT2D eigenvalue weighted by Crippen LogP contribution is -2.45. The Hall–Kier alpha value is -3.62. The predicted molar refractivity (Wildman–Crippen MR) is 111 cm³/mol. The van der Waals surface area contributed by atoms with Crippen LogP contribution in [0.1, 0.15) is 22.3 Å². The molecule has 0 spiro atoms. The molecule has 1 saturated heterocycles. The molecule has 0 aliphatic carbocycles. The number of likely N-dealkylation sites (N-methyl/N-ethyl adjacent to an activating group) is 1. The summed E-state index contributed by atoms with van der Waals surface area (Å²) >= 11 is 0. The Labute approximate surface area is 200 Å². The van der Waals surface area contributed by atoms with Crippen LogP contribution >= 0.6 is 0 Å². The average Bonchev–Trinajstić information content (AvgIpc) is 3.44. The van der Waals surface area contributed by atoms with Gasteiger partial charge in [0, 0.05) is 25.0 Å². The van der Waals surface area contributed by atoms with E-state index in [1.54, 1.807) is 24.7 Å². The van der Waals surface area contributed by atoms with Gasteiger partial charge in [0.1, 0.15) is 6.26 Å². The van der Waals surface area contributed by atoms with Gasteiger partial charge in [-0.1, -0.05) is 0 Å². The molecule has 1 aliphatic rings. The second-order valence-electron chi connectivity index (χ2n) is 7.56. The zero-order chi connectivity index (χ0) is 27.7. The number of likely N-dealkylation sites (tertiary alicyclic amines) is 1. The Balaban J connectivity index is 0.000000383. The molecule has 9 nitrogen and oxygen atoms in total. The molecule has 0 saturated carbocycles. The molecule has 15 heteroatoms. The Bertz CT molecular complexity index is 956. The van der Waals surface area contributed by atoms with Crippen LogP contribution in [0.2, 0.25) is 0 Å². The van der Waals surface area contributed by atoms with Crippen LogP contribution in [0.4, 0.5) is 26.3 Å². The largest absolute Gasteiger partial charge is 0.490 e. The first kappa shape index (κ1) is 30.4. The summed E-state index contributed by atoms with van der Waals surface area (Å²) < 4.78 is 68.5. The van der Waals surface area contributed by atoms with Gasteiger partial charge in [0.05, 0.1) is 17.9 Å². The number of amides is 1. The van der Waals surface area contributed by atoms with Crippen molar-refractivity contribution in [2.45, 2.75) is 37.3 Å². The number of rotatable bonds is 4. The first-order chi connectivity index (χ1) is 16.6. The second-order valence-corrected chi connectivity index (χ2v) is 7.56. The molecular formula is C21H23F6N3O6. The van der Waals surface area contributed by atoms with Crippen molar-refractivity contribution in [3.63, 3.8) is 0 Å². The molecule has 1 fully saturated rings. The Kier molecular flexibility index (Phi) is 10.9. The number of halogens is 6. The van der Waals surface area contributed by atoms with Crippen molar-refractivity contribution in [2.75, 3.05) is 20.6 Å². The summed E-state index contributed by atoms with van der Waals surface area (Å²) in [6, 6.07) is 6.30. The van der Waals surface area contributed by atoms with Gasteiger partial charge >= 0.3 is 24.3 Å². The number of pyridine rings is 1. The smallest absolute Gasteiger partial charge is 0.475 e. The number of aromatic nitrogens is 1. The molecule has 36 heavy (non-hydrogen) atoms. The van der Waals surface area contributed by atoms with Gasteiger partial charge < -0.3 is 24.4 Å². The van der Waals surface area contributed by atoms with Crippen LogP contribution in [-0.2, 0) is 16.0 Å². The van der Waals surface area contributed by atoms with E-state index in [2.05, 4.69) is 24.0 Å². The van der Waals surface area contributed by atoms with Crippen LogP contribution in [0.5, 0.6) is 0 Å².